The number of nitrogens with one attached hydrogen (secondary N) is 1. The van der Waals surface area contributed by atoms with Crippen LogP contribution in [0.15, 0.2) is 54.7 Å². The van der Waals surface area contributed by atoms with E-state index in [-0.39, 0.29) is 0 Å². The fourth-order valence-corrected chi connectivity index (χ4v) is 3.37. The maximum absolute atomic E-state index is 5.24. The van der Waals surface area contributed by atoms with E-state index in [9.17, 15) is 0 Å². The van der Waals surface area contributed by atoms with Crippen LogP contribution in [0.25, 0.3) is 0 Å². The quantitative estimate of drug-likeness (QED) is 0.694. The van der Waals surface area contributed by atoms with E-state index in [2.05, 4.69) is 73.6 Å². The minimum atomic E-state index is 0.674. The summed E-state index contributed by atoms with van der Waals surface area (Å²) in [5, 5.41) is 11.7. The Morgan fingerprint density at radius 3 is 2.31 bits per heavy atom. The van der Waals surface area contributed by atoms with Crippen LogP contribution in [-0.2, 0) is 6.54 Å². The number of hydrogen-bond donors (Lipinski definition) is 1. The lowest BCUT2D eigenvalue weighted by molar-refractivity contribution is 0.415. The van der Waals surface area contributed by atoms with E-state index in [0.717, 1.165) is 37.7 Å². The molecule has 1 N–H and O–H groups in total. The Morgan fingerprint density at radius 2 is 1.62 bits per heavy atom. The van der Waals surface area contributed by atoms with Crippen molar-refractivity contribution in [1.82, 2.24) is 15.2 Å². The zero-order valence-corrected chi connectivity index (χ0v) is 16.9. The molecule has 1 fully saturated rings. The average molecular weight is 390 g/mol. The monoisotopic (exact) mass is 390 g/mol. The second-order valence-corrected chi connectivity index (χ2v) is 7.15. The highest BCUT2D eigenvalue weighted by molar-refractivity contribution is 5.51. The summed E-state index contributed by atoms with van der Waals surface area (Å²) in [5.41, 5.74) is 3.68. The molecule has 1 aliphatic rings. The van der Waals surface area contributed by atoms with Crippen molar-refractivity contribution in [2.24, 2.45) is 0 Å². The maximum Gasteiger partial charge on any atom is 0.247 e. The summed E-state index contributed by atoms with van der Waals surface area (Å²) in [6, 6.07) is 16.7. The SMILES string of the molecule is COc1ccc(N2CCN(c3nncc(NCc4ccc(C)cc4)n3)CC2)cc1. The van der Waals surface area contributed by atoms with Crippen LogP contribution >= 0.6 is 0 Å². The number of ether oxygens (including phenoxy) is 1. The number of anilines is 3. The van der Waals surface area contributed by atoms with Gasteiger partial charge in [-0.25, -0.2) is 0 Å². The van der Waals surface area contributed by atoms with Crippen molar-refractivity contribution in [3.05, 3.63) is 65.9 Å². The van der Waals surface area contributed by atoms with Crippen LogP contribution in [-0.4, -0.2) is 48.5 Å². The van der Waals surface area contributed by atoms with E-state index in [0.29, 0.717) is 12.5 Å². The van der Waals surface area contributed by atoms with Crippen LogP contribution in [0.1, 0.15) is 11.1 Å². The highest BCUT2D eigenvalue weighted by atomic mass is 16.5. The normalized spacial score (nSPS) is 14.0. The summed E-state index contributed by atoms with van der Waals surface area (Å²) in [5.74, 6) is 2.29. The van der Waals surface area contributed by atoms with Crippen LogP contribution in [0, 0.1) is 6.92 Å². The molecule has 0 aliphatic carbocycles. The number of methoxy groups -OCH3 is 1. The average Bonchev–Trinajstić information content (AvgIpc) is 2.79. The van der Waals surface area contributed by atoms with Crippen molar-refractivity contribution in [3.8, 4) is 5.75 Å². The summed E-state index contributed by atoms with van der Waals surface area (Å²) >= 11 is 0. The largest absolute Gasteiger partial charge is 0.497 e. The first kappa shape index (κ1) is 19.0. The fourth-order valence-electron chi connectivity index (χ4n) is 3.37. The molecule has 4 rings (SSSR count). The van der Waals surface area contributed by atoms with E-state index in [4.69, 9.17) is 4.74 Å². The molecule has 29 heavy (non-hydrogen) atoms. The molecule has 0 radical (unpaired) electrons. The van der Waals surface area contributed by atoms with Crippen molar-refractivity contribution in [2.75, 3.05) is 48.4 Å². The Bertz CT molecular complexity index is 921. The lowest BCUT2D eigenvalue weighted by Crippen LogP contribution is -2.47. The van der Waals surface area contributed by atoms with E-state index in [1.54, 1.807) is 13.3 Å². The Morgan fingerprint density at radius 1 is 0.931 bits per heavy atom. The molecule has 0 amide bonds. The molecule has 0 atom stereocenters. The molecular weight excluding hydrogens is 364 g/mol. The van der Waals surface area contributed by atoms with E-state index >= 15 is 0 Å². The zero-order chi connectivity index (χ0) is 20.1. The van der Waals surface area contributed by atoms with E-state index in [1.165, 1.54) is 16.8 Å². The Hall–Kier alpha value is -3.35. The van der Waals surface area contributed by atoms with Gasteiger partial charge in [-0.05, 0) is 36.8 Å². The Balaban J connectivity index is 1.34. The third-order valence-electron chi connectivity index (χ3n) is 5.14. The van der Waals surface area contributed by atoms with Crippen molar-refractivity contribution < 1.29 is 4.74 Å². The van der Waals surface area contributed by atoms with Crippen molar-refractivity contribution >= 4 is 17.5 Å². The number of aromatic nitrogens is 3. The molecule has 0 unspecified atom stereocenters. The molecule has 2 aromatic carbocycles. The topological polar surface area (TPSA) is 66.4 Å². The molecule has 0 saturated carbocycles. The van der Waals surface area contributed by atoms with Gasteiger partial charge in [-0.3, -0.25) is 0 Å². The van der Waals surface area contributed by atoms with Gasteiger partial charge in [-0.2, -0.15) is 10.1 Å². The van der Waals surface area contributed by atoms with Crippen LogP contribution in [0.4, 0.5) is 17.5 Å². The van der Waals surface area contributed by atoms with Gasteiger partial charge in [0.05, 0.1) is 13.3 Å². The third-order valence-corrected chi connectivity index (χ3v) is 5.14. The minimum Gasteiger partial charge on any atom is -0.497 e. The lowest BCUT2D eigenvalue weighted by Gasteiger charge is -2.36. The second kappa shape index (κ2) is 8.77. The molecule has 0 bridgehead atoms. The second-order valence-electron chi connectivity index (χ2n) is 7.15. The fraction of sp³-hybridized carbons (Fsp3) is 0.318. The van der Waals surface area contributed by atoms with Gasteiger partial charge in [-0.15, -0.1) is 5.10 Å². The van der Waals surface area contributed by atoms with E-state index in [1.807, 2.05) is 12.1 Å². The number of aryl methyl sites for hydroxylation is 1. The van der Waals surface area contributed by atoms with Gasteiger partial charge in [-0.1, -0.05) is 29.8 Å². The van der Waals surface area contributed by atoms with Crippen LogP contribution in [0.5, 0.6) is 5.75 Å². The first-order chi connectivity index (χ1) is 14.2. The number of rotatable bonds is 6. The van der Waals surface area contributed by atoms with Gasteiger partial charge < -0.3 is 19.9 Å². The Kier molecular flexibility index (Phi) is 5.74. The molecule has 2 heterocycles. The summed E-state index contributed by atoms with van der Waals surface area (Å²) in [7, 11) is 1.69. The van der Waals surface area contributed by atoms with Crippen LogP contribution in [0.3, 0.4) is 0 Å². The minimum absolute atomic E-state index is 0.674. The number of hydrogen-bond acceptors (Lipinski definition) is 7. The molecule has 7 heteroatoms. The van der Waals surface area contributed by atoms with Crippen LogP contribution < -0.4 is 19.9 Å². The van der Waals surface area contributed by atoms with Crippen molar-refractivity contribution in [2.45, 2.75) is 13.5 Å². The number of benzene rings is 2. The third kappa shape index (κ3) is 4.74. The summed E-state index contributed by atoms with van der Waals surface area (Å²) < 4.78 is 5.24. The van der Waals surface area contributed by atoms with Gasteiger partial charge in [0.25, 0.3) is 0 Å². The molecular formula is C22H26N6O. The highest BCUT2D eigenvalue weighted by Crippen LogP contribution is 2.21. The van der Waals surface area contributed by atoms with Gasteiger partial charge in [0.2, 0.25) is 5.95 Å². The zero-order valence-electron chi connectivity index (χ0n) is 16.9. The van der Waals surface area contributed by atoms with E-state index < -0.39 is 0 Å². The summed E-state index contributed by atoms with van der Waals surface area (Å²) in [6.45, 7) is 6.34. The molecule has 1 aromatic heterocycles. The van der Waals surface area contributed by atoms with Gasteiger partial charge >= 0.3 is 0 Å². The first-order valence-corrected chi connectivity index (χ1v) is 9.84. The molecule has 7 nitrogen and oxygen atoms in total. The predicted molar refractivity (Wildman–Crippen MR) is 116 cm³/mol. The van der Waals surface area contributed by atoms with Crippen molar-refractivity contribution in [3.63, 3.8) is 0 Å². The molecule has 0 spiro atoms. The highest BCUT2D eigenvalue weighted by Gasteiger charge is 2.20. The molecule has 1 aliphatic heterocycles. The Labute approximate surface area is 171 Å². The summed E-state index contributed by atoms with van der Waals surface area (Å²) in [4.78, 5) is 9.20. The number of piperazine rings is 1. The molecule has 1 saturated heterocycles. The standard InChI is InChI=1S/C22H26N6O/c1-17-3-5-18(6-4-17)15-23-21-16-24-26-22(25-21)28-13-11-27(12-14-28)19-7-9-20(29-2)10-8-19/h3-10,16H,11-15H2,1-2H3,(H,23,25,26). The first-order valence-electron chi connectivity index (χ1n) is 9.84. The van der Waals surface area contributed by atoms with Gasteiger partial charge in [0.15, 0.2) is 5.82 Å². The number of nitrogens with zero attached hydrogens (tertiary/aromatic N) is 5. The smallest absolute Gasteiger partial charge is 0.247 e. The summed E-state index contributed by atoms with van der Waals surface area (Å²) in [6.07, 6.45) is 1.67. The van der Waals surface area contributed by atoms with Gasteiger partial charge in [0.1, 0.15) is 5.75 Å². The molecule has 3 aromatic rings. The lowest BCUT2D eigenvalue weighted by atomic mass is 10.1. The van der Waals surface area contributed by atoms with Crippen LogP contribution in [0.2, 0.25) is 0 Å². The maximum atomic E-state index is 5.24. The van der Waals surface area contributed by atoms with Crippen molar-refractivity contribution in [1.29, 1.82) is 0 Å². The molecule has 150 valence electrons. The van der Waals surface area contributed by atoms with Gasteiger partial charge in [0, 0.05) is 38.4 Å². The predicted octanol–water partition coefficient (Wildman–Crippen LogP) is 3.13.